The maximum absolute atomic E-state index is 12.3. The van der Waals surface area contributed by atoms with Gasteiger partial charge in [0.1, 0.15) is 0 Å². The monoisotopic (exact) mass is 704 g/mol. The number of unbranched alkanes of at least 4 members (excludes halogenated alkanes) is 17. The van der Waals surface area contributed by atoms with E-state index in [4.69, 9.17) is 10.2 Å². The van der Waals surface area contributed by atoms with Crippen LogP contribution in [0.15, 0.2) is 28.7 Å². The molecule has 0 radical (unpaired) electrons. The van der Waals surface area contributed by atoms with E-state index in [-0.39, 0.29) is 6.42 Å². The summed E-state index contributed by atoms with van der Waals surface area (Å²) in [5.41, 5.74) is 1.49. The number of aliphatic hydroxyl groups is 2. The van der Waals surface area contributed by atoms with Gasteiger partial charge in [0.25, 0.3) is 0 Å². The van der Waals surface area contributed by atoms with Gasteiger partial charge in [0.05, 0.1) is 0 Å². The molecule has 0 aliphatic heterocycles. The molecule has 2 nitrogen and oxygen atoms in total. The highest BCUT2D eigenvalue weighted by Gasteiger charge is 2.25. The first-order valence-corrected chi connectivity index (χ1v) is 19.7. The SMILES string of the molecule is CCCCCC(CCCCCCCCCC(F)(F)F)CCCC(CCCCCCCCCCCCC(O)O)c1ccc(Br)cc1. The molecule has 2 atom stereocenters. The van der Waals surface area contributed by atoms with Crippen LogP contribution in [0.2, 0.25) is 0 Å². The van der Waals surface area contributed by atoms with E-state index in [1.54, 1.807) is 0 Å². The number of benzene rings is 1. The average molecular weight is 706 g/mol. The van der Waals surface area contributed by atoms with Crippen molar-refractivity contribution in [2.24, 2.45) is 5.92 Å². The lowest BCUT2D eigenvalue weighted by Crippen LogP contribution is -2.06. The molecule has 2 unspecified atom stereocenters. The smallest absolute Gasteiger partial charge is 0.368 e. The molecule has 2 N–H and O–H groups in total. The molecular weight excluding hydrogens is 637 g/mol. The van der Waals surface area contributed by atoms with E-state index < -0.39 is 18.9 Å². The first-order valence-electron chi connectivity index (χ1n) is 18.9. The van der Waals surface area contributed by atoms with E-state index >= 15 is 0 Å². The minimum atomic E-state index is -4.00. The van der Waals surface area contributed by atoms with Gasteiger partial charge in [-0.15, -0.1) is 0 Å². The Morgan fingerprint density at radius 3 is 1.42 bits per heavy atom. The highest BCUT2D eigenvalue weighted by atomic mass is 79.9. The number of aliphatic hydroxyl groups excluding tert-OH is 1. The Morgan fingerprint density at radius 2 is 0.933 bits per heavy atom. The molecule has 6 heteroatoms. The summed E-state index contributed by atoms with van der Waals surface area (Å²) in [7, 11) is 0. The van der Waals surface area contributed by atoms with Crippen LogP contribution < -0.4 is 0 Å². The van der Waals surface area contributed by atoms with Crippen molar-refractivity contribution in [1.29, 1.82) is 0 Å². The largest absolute Gasteiger partial charge is 0.389 e. The summed E-state index contributed by atoms with van der Waals surface area (Å²) >= 11 is 3.61. The van der Waals surface area contributed by atoms with Crippen molar-refractivity contribution < 1.29 is 23.4 Å². The molecule has 264 valence electrons. The number of alkyl halides is 3. The molecule has 0 spiro atoms. The van der Waals surface area contributed by atoms with E-state index in [9.17, 15) is 13.2 Å². The van der Waals surface area contributed by atoms with Crippen molar-refractivity contribution in [1.82, 2.24) is 0 Å². The lowest BCUT2D eigenvalue weighted by molar-refractivity contribution is -0.135. The van der Waals surface area contributed by atoms with Gasteiger partial charge in [0.15, 0.2) is 6.29 Å². The number of hydrogen-bond donors (Lipinski definition) is 2. The van der Waals surface area contributed by atoms with Gasteiger partial charge in [-0.25, -0.2) is 0 Å². The lowest BCUT2D eigenvalue weighted by Gasteiger charge is -2.21. The van der Waals surface area contributed by atoms with Crippen molar-refractivity contribution in [2.45, 2.75) is 205 Å². The van der Waals surface area contributed by atoms with Gasteiger partial charge in [0, 0.05) is 10.9 Å². The topological polar surface area (TPSA) is 40.5 Å². The zero-order valence-electron chi connectivity index (χ0n) is 28.7. The van der Waals surface area contributed by atoms with Gasteiger partial charge in [-0.1, -0.05) is 176 Å². The van der Waals surface area contributed by atoms with Crippen LogP contribution in [0.4, 0.5) is 13.2 Å². The Bertz CT molecular complexity index is 769. The van der Waals surface area contributed by atoms with Crippen LogP contribution in [-0.4, -0.2) is 22.7 Å². The number of halogens is 4. The molecule has 0 aliphatic carbocycles. The quantitative estimate of drug-likeness (QED) is 0.0596. The van der Waals surface area contributed by atoms with Gasteiger partial charge < -0.3 is 10.2 Å². The summed E-state index contributed by atoms with van der Waals surface area (Å²) in [5, 5.41) is 17.8. The first kappa shape index (κ1) is 42.4. The third-order valence-corrected chi connectivity index (χ3v) is 10.1. The van der Waals surface area contributed by atoms with Crippen molar-refractivity contribution in [3.8, 4) is 0 Å². The Kier molecular flexibility index (Phi) is 26.8. The molecule has 0 fully saturated rings. The Hall–Kier alpha value is -0.590. The second-order valence-corrected chi connectivity index (χ2v) is 14.7. The molecule has 0 saturated carbocycles. The number of rotatable bonds is 31. The second kappa shape index (κ2) is 28.4. The van der Waals surface area contributed by atoms with E-state index in [2.05, 4.69) is 47.1 Å². The zero-order valence-corrected chi connectivity index (χ0v) is 30.3. The molecule has 0 aromatic heterocycles. The fraction of sp³-hybridized carbons (Fsp3) is 0.846. The van der Waals surface area contributed by atoms with Crippen molar-refractivity contribution in [2.75, 3.05) is 0 Å². The average Bonchev–Trinajstić information content (AvgIpc) is 2.99. The summed E-state index contributed by atoms with van der Waals surface area (Å²) in [6, 6.07) is 9.02. The second-order valence-electron chi connectivity index (χ2n) is 13.8. The van der Waals surface area contributed by atoms with Gasteiger partial charge in [0.2, 0.25) is 0 Å². The third kappa shape index (κ3) is 27.1. The molecule has 0 aliphatic rings. The Morgan fingerprint density at radius 1 is 0.533 bits per heavy atom. The van der Waals surface area contributed by atoms with Gasteiger partial charge in [-0.05, 0) is 61.6 Å². The van der Waals surface area contributed by atoms with Crippen LogP contribution in [0.5, 0.6) is 0 Å². The molecule has 0 amide bonds. The molecule has 0 saturated heterocycles. The normalized spacial score (nSPS) is 13.5. The molecule has 0 bridgehead atoms. The van der Waals surface area contributed by atoms with Crippen molar-refractivity contribution in [3.05, 3.63) is 34.3 Å². The first-order chi connectivity index (χ1) is 21.7. The van der Waals surface area contributed by atoms with Crippen LogP contribution >= 0.6 is 15.9 Å². The molecule has 0 heterocycles. The summed E-state index contributed by atoms with van der Waals surface area (Å²) in [6.45, 7) is 2.28. The van der Waals surface area contributed by atoms with E-state index in [1.807, 2.05) is 0 Å². The lowest BCUT2D eigenvalue weighted by atomic mass is 9.85. The fourth-order valence-electron chi connectivity index (χ4n) is 6.76. The number of hydrogen-bond acceptors (Lipinski definition) is 2. The van der Waals surface area contributed by atoms with E-state index in [0.29, 0.717) is 18.8 Å². The van der Waals surface area contributed by atoms with E-state index in [0.717, 1.165) is 42.5 Å². The fourth-order valence-corrected chi connectivity index (χ4v) is 7.02. The Labute approximate surface area is 283 Å². The highest BCUT2D eigenvalue weighted by molar-refractivity contribution is 9.10. The van der Waals surface area contributed by atoms with Crippen LogP contribution in [0.1, 0.15) is 198 Å². The molecule has 1 rings (SSSR count). The summed E-state index contributed by atoms with van der Waals surface area (Å²) < 4.78 is 38.1. The predicted octanol–water partition coefficient (Wildman–Crippen LogP) is 14.0. The molecular formula is C39H68BrF3O2. The highest BCUT2D eigenvalue weighted by Crippen LogP contribution is 2.32. The molecule has 1 aromatic carbocycles. The summed E-state index contributed by atoms with van der Waals surface area (Å²) in [5.74, 6) is 1.46. The minimum absolute atomic E-state index is 0.284. The summed E-state index contributed by atoms with van der Waals surface area (Å²) in [4.78, 5) is 0. The minimum Gasteiger partial charge on any atom is -0.368 e. The molecule has 45 heavy (non-hydrogen) atoms. The van der Waals surface area contributed by atoms with Crippen LogP contribution in [0, 0.1) is 5.92 Å². The van der Waals surface area contributed by atoms with E-state index in [1.165, 1.54) is 128 Å². The maximum atomic E-state index is 12.3. The van der Waals surface area contributed by atoms with Crippen LogP contribution in [0.25, 0.3) is 0 Å². The van der Waals surface area contributed by atoms with Crippen LogP contribution in [0.3, 0.4) is 0 Å². The van der Waals surface area contributed by atoms with Gasteiger partial charge in [-0.2, -0.15) is 13.2 Å². The van der Waals surface area contributed by atoms with Crippen molar-refractivity contribution in [3.63, 3.8) is 0 Å². The maximum Gasteiger partial charge on any atom is 0.389 e. The predicted molar refractivity (Wildman–Crippen MR) is 190 cm³/mol. The van der Waals surface area contributed by atoms with Crippen LogP contribution in [-0.2, 0) is 0 Å². The Balaban J connectivity index is 2.34. The van der Waals surface area contributed by atoms with Crippen molar-refractivity contribution >= 4 is 15.9 Å². The van der Waals surface area contributed by atoms with Gasteiger partial charge in [-0.3, -0.25) is 0 Å². The third-order valence-electron chi connectivity index (χ3n) is 9.56. The summed E-state index contributed by atoms with van der Waals surface area (Å²) in [6.07, 6.45) is 25.6. The zero-order chi connectivity index (χ0) is 33.0. The standard InChI is InChI=1S/C39H68BrF3O2/c1-2-3-17-23-34(24-18-13-9-8-12-16-21-33-39(41,42)43)25-22-27-35(36-29-31-37(40)32-30-36)26-19-14-10-6-4-5-7-11-15-20-28-38(44)45/h29-32,34-35,38,44-45H,2-28,33H2,1H3. The van der Waals surface area contributed by atoms with Gasteiger partial charge >= 0.3 is 6.18 Å². The molecule has 1 aromatic rings.